The number of hydrogen-bond donors (Lipinski definition) is 2. The van der Waals surface area contributed by atoms with Gasteiger partial charge in [-0.15, -0.1) is 24.0 Å². The highest BCUT2D eigenvalue weighted by atomic mass is 127. The van der Waals surface area contributed by atoms with Gasteiger partial charge in [-0.2, -0.15) is 0 Å². The van der Waals surface area contributed by atoms with Crippen molar-refractivity contribution in [1.29, 1.82) is 0 Å². The van der Waals surface area contributed by atoms with Crippen LogP contribution in [0.1, 0.15) is 33.6 Å². The van der Waals surface area contributed by atoms with E-state index in [-0.39, 0.29) is 42.5 Å². The summed E-state index contributed by atoms with van der Waals surface area (Å²) < 4.78 is 0. The zero-order valence-electron chi connectivity index (χ0n) is 12.4. The molecule has 1 rings (SSSR count). The maximum absolute atomic E-state index is 11.6. The number of likely N-dealkylation sites (tertiary alicyclic amines) is 1. The first-order chi connectivity index (χ1) is 8.52. The van der Waals surface area contributed by atoms with E-state index < -0.39 is 0 Å². The maximum Gasteiger partial charge on any atom is 0.239 e. The topological polar surface area (TPSA) is 56.7 Å². The van der Waals surface area contributed by atoms with Gasteiger partial charge >= 0.3 is 0 Å². The monoisotopic (exact) mass is 382 g/mol. The lowest BCUT2D eigenvalue weighted by atomic mass is 10.0. The number of carbonyl (C=O) groups excluding carboxylic acids is 1. The molecular weight excluding hydrogens is 355 g/mol. The Bertz CT molecular complexity index is 307. The van der Waals surface area contributed by atoms with Gasteiger partial charge in [-0.05, 0) is 32.6 Å². The van der Waals surface area contributed by atoms with Gasteiger partial charge in [0.05, 0.1) is 6.54 Å². The van der Waals surface area contributed by atoms with E-state index in [0.29, 0.717) is 5.92 Å². The molecule has 0 spiro atoms. The van der Waals surface area contributed by atoms with Crippen molar-refractivity contribution in [2.45, 2.75) is 39.7 Å². The highest BCUT2D eigenvalue weighted by Crippen LogP contribution is 2.15. The standard InChI is InChI=1S/C13H26N4O.HI/c1-10(2)16-12(18)8-15-13(14-4)17-7-5-6-11(3)9-17;/h10-11H,5-9H2,1-4H3,(H,14,15)(H,16,18);1H. The summed E-state index contributed by atoms with van der Waals surface area (Å²) in [6.45, 7) is 8.50. The second kappa shape index (κ2) is 9.39. The van der Waals surface area contributed by atoms with Crippen molar-refractivity contribution >= 4 is 35.8 Å². The first kappa shape index (κ1) is 18.5. The molecule has 112 valence electrons. The minimum absolute atomic E-state index is 0. The van der Waals surface area contributed by atoms with E-state index in [2.05, 4.69) is 27.4 Å². The minimum atomic E-state index is 0. The van der Waals surface area contributed by atoms with Crippen molar-refractivity contribution in [2.24, 2.45) is 10.9 Å². The van der Waals surface area contributed by atoms with Gasteiger partial charge in [-0.1, -0.05) is 6.92 Å². The second-order valence-electron chi connectivity index (χ2n) is 5.32. The Morgan fingerprint density at radius 1 is 1.47 bits per heavy atom. The minimum Gasteiger partial charge on any atom is -0.352 e. The molecule has 1 saturated heterocycles. The third-order valence-electron chi connectivity index (χ3n) is 3.03. The predicted molar refractivity (Wildman–Crippen MR) is 90.0 cm³/mol. The number of amides is 1. The fourth-order valence-electron chi connectivity index (χ4n) is 2.25. The number of aliphatic imine (C=N–C) groups is 1. The number of piperidine rings is 1. The van der Waals surface area contributed by atoms with Crippen molar-refractivity contribution < 1.29 is 4.79 Å². The molecular formula is C13H27IN4O. The van der Waals surface area contributed by atoms with E-state index >= 15 is 0 Å². The van der Waals surface area contributed by atoms with Crippen LogP contribution in [-0.4, -0.2) is 49.5 Å². The van der Waals surface area contributed by atoms with Crippen LogP contribution in [0.4, 0.5) is 0 Å². The van der Waals surface area contributed by atoms with Crippen molar-refractivity contribution in [3.8, 4) is 0 Å². The Morgan fingerprint density at radius 3 is 2.68 bits per heavy atom. The van der Waals surface area contributed by atoms with Gasteiger partial charge in [0.15, 0.2) is 5.96 Å². The van der Waals surface area contributed by atoms with Gasteiger partial charge in [0, 0.05) is 26.2 Å². The molecule has 5 nitrogen and oxygen atoms in total. The van der Waals surface area contributed by atoms with E-state index in [1.54, 1.807) is 7.05 Å². The van der Waals surface area contributed by atoms with Gasteiger partial charge < -0.3 is 15.5 Å². The van der Waals surface area contributed by atoms with Gasteiger partial charge in [0.25, 0.3) is 0 Å². The van der Waals surface area contributed by atoms with Crippen LogP contribution in [-0.2, 0) is 4.79 Å². The summed E-state index contributed by atoms with van der Waals surface area (Å²) in [5.74, 6) is 1.54. The van der Waals surface area contributed by atoms with Crippen molar-refractivity contribution in [1.82, 2.24) is 15.5 Å². The van der Waals surface area contributed by atoms with E-state index in [1.807, 2.05) is 13.8 Å². The van der Waals surface area contributed by atoms with Crippen LogP contribution in [0, 0.1) is 5.92 Å². The molecule has 1 aliphatic heterocycles. The van der Waals surface area contributed by atoms with Gasteiger partial charge in [-0.25, -0.2) is 0 Å². The summed E-state index contributed by atoms with van der Waals surface area (Å²) in [5.41, 5.74) is 0. The third kappa shape index (κ3) is 6.98. The molecule has 0 aliphatic carbocycles. The zero-order valence-corrected chi connectivity index (χ0v) is 14.7. The summed E-state index contributed by atoms with van der Waals surface area (Å²) in [6, 6.07) is 0.177. The Hall–Kier alpha value is -0.530. The molecule has 0 aromatic rings. The molecule has 19 heavy (non-hydrogen) atoms. The normalized spacial score (nSPS) is 19.9. The van der Waals surface area contributed by atoms with Crippen LogP contribution in [0.3, 0.4) is 0 Å². The van der Waals surface area contributed by atoms with Crippen molar-refractivity contribution in [3.63, 3.8) is 0 Å². The summed E-state index contributed by atoms with van der Waals surface area (Å²) in [5, 5.41) is 5.99. The smallest absolute Gasteiger partial charge is 0.239 e. The number of carbonyl (C=O) groups is 1. The van der Waals surface area contributed by atoms with Gasteiger partial charge in [-0.3, -0.25) is 9.79 Å². The van der Waals surface area contributed by atoms with Crippen LogP contribution >= 0.6 is 24.0 Å². The zero-order chi connectivity index (χ0) is 13.5. The number of rotatable bonds is 3. The SMILES string of the molecule is CN=C(NCC(=O)NC(C)C)N1CCCC(C)C1.I. The van der Waals surface area contributed by atoms with Crippen LogP contribution < -0.4 is 10.6 Å². The fourth-order valence-corrected chi connectivity index (χ4v) is 2.25. The number of nitrogens with one attached hydrogen (secondary N) is 2. The number of guanidine groups is 1. The lowest BCUT2D eigenvalue weighted by Crippen LogP contribution is -2.49. The largest absolute Gasteiger partial charge is 0.352 e. The summed E-state index contributed by atoms with van der Waals surface area (Å²) in [4.78, 5) is 18.1. The Morgan fingerprint density at radius 2 is 2.16 bits per heavy atom. The van der Waals surface area contributed by atoms with Crippen LogP contribution in [0.5, 0.6) is 0 Å². The van der Waals surface area contributed by atoms with Crippen molar-refractivity contribution in [2.75, 3.05) is 26.7 Å². The molecule has 0 aromatic carbocycles. The van der Waals surface area contributed by atoms with Crippen LogP contribution in [0.25, 0.3) is 0 Å². The molecule has 1 unspecified atom stereocenters. The molecule has 1 heterocycles. The third-order valence-corrected chi connectivity index (χ3v) is 3.03. The van der Waals surface area contributed by atoms with Gasteiger partial charge in [0.2, 0.25) is 5.91 Å². The summed E-state index contributed by atoms with van der Waals surface area (Å²) >= 11 is 0. The average Bonchev–Trinajstić information content (AvgIpc) is 2.29. The van der Waals surface area contributed by atoms with Crippen LogP contribution in [0.15, 0.2) is 4.99 Å². The number of halogens is 1. The molecule has 0 radical (unpaired) electrons. The number of hydrogen-bond acceptors (Lipinski definition) is 2. The molecule has 0 saturated carbocycles. The Kier molecular flexibility index (Phi) is 9.12. The molecule has 0 aromatic heterocycles. The lowest BCUT2D eigenvalue weighted by Gasteiger charge is -2.33. The Labute approximate surface area is 133 Å². The van der Waals surface area contributed by atoms with Gasteiger partial charge in [0.1, 0.15) is 0 Å². The molecule has 0 bridgehead atoms. The summed E-state index contributed by atoms with van der Waals surface area (Å²) in [7, 11) is 1.77. The molecule has 2 N–H and O–H groups in total. The molecule has 1 amide bonds. The molecule has 1 fully saturated rings. The molecule has 6 heteroatoms. The lowest BCUT2D eigenvalue weighted by molar-refractivity contribution is -0.120. The van der Waals surface area contributed by atoms with Crippen LogP contribution in [0.2, 0.25) is 0 Å². The second-order valence-corrected chi connectivity index (χ2v) is 5.32. The van der Waals surface area contributed by atoms with E-state index in [4.69, 9.17) is 0 Å². The molecule has 1 atom stereocenters. The average molecular weight is 382 g/mol. The maximum atomic E-state index is 11.6. The first-order valence-electron chi connectivity index (χ1n) is 6.78. The predicted octanol–water partition coefficient (Wildman–Crippen LogP) is 1.44. The van der Waals surface area contributed by atoms with E-state index in [1.165, 1.54) is 12.8 Å². The highest BCUT2D eigenvalue weighted by molar-refractivity contribution is 14.0. The number of nitrogens with zero attached hydrogens (tertiary/aromatic N) is 2. The van der Waals surface area contributed by atoms with Crippen molar-refractivity contribution in [3.05, 3.63) is 0 Å². The first-order valence-corrected chi connectivity index (χ1v) is 6.78. The van der Waals surface area contributed by atoms with E-state index in [0.717, 1.165) is 19.0 Å². The highest BCUT2D eigenvalue weighted by Gasteiger charge is 2.19. The Balaban J connectivity index is 0.00000324. The quantitative estimate of drug-likeness (QED) is 0.441. The van der Waals surface area contributed by atoms with E-state index in [9.17, 15) is 4.79 Å². The molecule has 1 aliphatic rings. The fraction of sp³-hybridized carbons (Fsp3) is 0.846. The summed E-state index contributed by atoms with van der Waals surface area (Å²) in [6.07, 6.45) is 2.47.